The number of nitrogens with one attached hydrogen (secondary N) is 1. The van der Waals surface area contributed by atoms with Gasteiger partial charge < -0.3 is 4.74 Å². The molecule has 1 aromatic heterocycles. The van der Waals surface area contributed by atoms with Crippen molar-refractivity contribution in [3.8, 4) is 0 Å². The fraction of sp³-hybridized carbons (Fsp3) is 0.333. The van der Waals surface area contributed by atoms with Gasteiger partial charge in [-0.3, -0.25) is 9.63 Å². The molecule has 0 unspecified atom stereocenters. The summed E-state index contributed by atoms with van der Waals surface area (Å²) in [6.07, 6.45) is 0.962. The normalized spacial score (nSPS) is 10.0. The van der Waals surface area contributed by atoms with E-state index in [0.717, 1.165) is 12.3 Å². The molecule has 0 aliphatic heterocycles. The molecule has 0 fully saturated rings. The molecule has 1 aromatic rings. The highest BCUT2D eigenvalue weighted by Crippen LogP contribution is 1.97. The second-order valence-electron chi connectivity index (χ2n) is 2.63. The molecule has 0 saturated carbocycles. The number of amides is 1. The van der Waals surface area contributed by atoms with Crippen LogP contribution in [0.3, 0.4) is 0 Å². The molecule has 5 nitrogen and oxygen atoms in total. The summed E-state index contributed by atoms with van der Waals surface area (Å²) < 4.78 is 17.2. The summed E-state index contributed by atoms with van der Waals surface area (Å²) in [6.45, 7) is 0.612. The lowest BCUT2D eigenvalue weighted by Gasteiger charge is -2.04. The quantitative estimate of drug-likeness (QED) is 0.573. The van der Waals surface area contributed by atoms with Crippen LogP contribution in [-0.4, -0.2) is 31.2 Å². The zero-order chi connectivity index (χ0) is 11.1. The number of aromatic nitrogens is 1. The molecule has 1 heterocycles. The minimum Gasteiger partial charge on any atom is -0.382 e. The van der Waals surface area contributed by atoms with E-state index in [1.54, 1.807) is 0 Å². The Hall–Kier alpha value is -1.53. The van der Waals surface area contributed by atoms with Gasteiger partial charge in [-0.15, -0.1) is 0 Å². The smallest absolute Gasteiger partial charge is 0.293 e. The van der Waals surface area contributed by atoms with Crippen molar-refractivity contribution < 1.29 is 18.8 Å². The third-order valence-electron chi connectivity index (χ3n) is 1.51. The van der Waals surface area contributed by atoms with E-state index in [2.05, 4.69) is 10.5 Å². The summed E-state index contributed by atoms with van der Waals surface area (Å²) in [7, 11) is 1.52. The van der Waals surface area contributed by atoms with Gasteiger partial charge in [-0.2, -0.15) is 0 Å². The first-order valence-electron chi connectivity index (χ1n) is 4.26. The maximum atomic E-state index is 12.5. The minimum absolute atomic E-state index is 0.0915. The number of hydroxylamine groups is 1. The predicted molar refractivity (Wildman–Crippen MR) is 49.5 cm³/mol. The molecule has 15 heavy (non-hydrogen) atoms. The molecule has 82 valence electrons. The van der Waals surface area contributed by atoms with Gasteiger partial charge in [0.25, 0.3) is 5.91 Å². The van der Waals surface area contributed by atoms with E-state index < -0.39 is 11.7 Å². The Morgan fingerprint density at radius 1 is 1.53 bits per heavy atom. The molecule has 0 radical (unpaired) electrons. The number of carbonyl (C=O) groups is 1. The Morgan fingerprint density at radius 3 is 2.93 bits per heavy atom. The average Bonchev–Trinajstić information content (AvgIpc) is 2.25. The zero-order valence-electron chi connectivity index (χ0n) is 8.20. The van der Waals surface area contributed by atoms with Crippen LogP contribution in [0, 0.1) is 5.82 Å². The van der Waals surface area contributed by atoms with Crippen LogP contribution in [0.4, 0.5) is 4.39 Å². The summed E-state index contributed by atoms with van der Waals surface area (Å²) in [5.41, 5.74) is 2.24. The van der Waals surface area contributed by atoms with Gasteiger partial charge in [0.2, 0.25) is 0 Å². The lowest BCUT2D eigenvalue weighted by molar-refractivity contribution is 0.00857. The summed E-state index contributed by atoms with van der Waals surface area (Å²) in [4.78, 5) is 19.6. The largest absolute Gasteiger partial charge is 0.382 e. The zero-order valence-corrected chi connectivity index (χ0v) is 8.20. The van der Waals surface area contributed by atoms with Crippen LogP contribution in [0.5, 0.6) is 0 Å². The van der Waals surface area contributed by atoms with Crippen LogP contribution in [0.25, 0.3) is 0 Å². The van der Waals surface area contributed by atoms with Crippen molar-refractivity contribution in [2.75, 3.05) is 20.3 Å². The molecule has 0 spiro atoms. The number of ether oxygens (including phenoxy) is 1. The van der Waals surface area contributed by atoms with E-state index in [4.69, 9.17) is 9.57 Å². The molecule has 0 atom stereocenters. The molecule has 1 N–H and O–H groups in total. The standard InChI is InChI=1S/C9H11FN2O3/c1-14-4-5-15-12-9(13)8-3-2-7(10)6-11-8/h2-3,6H,4-5H2,1H3,(H,12,13). The minimum atomic E-state index is -0.522. The van der Waals surface area contributed by atoms with Crippen molar-refractivity contribution in [2.24, 2.45) is 0 Å². The summed E-state index contributed by atoms with van der Waals surface area (Å²) in [6, 6.07) is 2.42. The molecule has 0 aliphatic carbocycles. The monoisotopic (exact) mass is 214 g/mol. The third kappa shape index (κ3) is 4.01. The van der Waals surface area contributed by atoms with Crippen LogP contribution in [0.2, 0.25) is 0 Å². The van der Waals surface area contributed by atoms with Crippen molar-refractivity contribution in [1.82, 2.24) is 10.5 Å². The first kappa shape index (κ1) is 11.5. The molecule has 1 amide bonds. The number of methoxy groups -OCH3 is 1. The van der Waals surface area contributed by atoms with E-state index in [-0.39, 0.29) is 12.3 Å². The van der Waals surface area contributed by atoms with E-state index in [9.17, 15) is 9.18 Å². The highest BCUT2D eigenvalue weighted by Gasteiger charge is 2.06. The molecule has 0 saturated heterocycles. The average molecular weight is 214 g/mol. The van der Waals surface area contributed by atoms with Crippen LogP contribution < -0.4 is 5.48 Å². The second kappa shape index (κ2) is 6.05. The highest BCUT2D eigenvalue weighted by molar-refractivity contribution is 5.91. The van der Waals surface area contributed by atoms with Gasteiger partial charge in [0.15, 0.2) is 0 Å². The molecule has 6 heteroatoms. The lowest BCUT2D eigenvalue weighted by Crippen LogP contribution is -2.26. The van der Waals surface area contributed by atoms with Crippen molar-refractivity contribution >= 4 is 5.91 Å². The number of rotatable bonds is 5. The fourth-order valence-corrected chi connectivity index (χ4v) is 0.804. The van der Waals surface area contributed by atoms with Crippen LogP contribution >= 0.6 is 0 Å². The first-order valence-corrected chi connectivity index (χ1v) is 4.26. The molecular weight excluding hydrogens is 203 g/mol. The Morgan fingerprint density at radius 2 is 2.33 bits per heavy atom. The molecule has 0 aliphatic rings. The van der Waals surface area contributed by atoms with Gasteiger partial charge in [-0.05, 0) is 12.1 Å². The van der Waals surface area contributed by atoms with Crippen molar-refractivity contribution in [1.29, 1.82) is 0 Å². The SMILES string of the molecule is COCCONC(=O)c1ccc(F)cn1. The van der Waals surface area contributed by atoms with E-state index in [0.29, 0.717) is 6.61 Å². The summed E-state index contributed by atoms with van der Waals surface area (Å²) >= 11 is 0. The van der Waals surface area contributed by atoms with Crippen LogP contribution in [-0.2, 0) is 9.57 Å². The van der Waals surface area contributed by atoms with Gasteiger partial charge in [0, 0.05) is 7.11 Å². The number of halogens is 1. The molecule has 0 bridgehead atoms. The maximum Gasteiger partial charge on any atom is 0.293 e. The lowest BCUT2D eigenvalue weighted by atomic mass is 10.3. The van der Waals surface area contributed by atoms with Crippen LogP contribution in [0.15, 0.2) is 18.3 Å². The van der Waals surface area contributed by atoms with Gasteiger partial charge in [-0.1, -0.05) is 0 Å². The number of nitrogens with zero attached hydrogens (tertiary/aromatic N) is 1. The molecule has 1 rings (SSSR count). The molecular formula is C9H11FN2O3. The Kier molecular flexibility index (Phi) is 4.65. The second-order valence-corrected chi connectivity index (χ2v) is 2.63. The van der Waals surface area contributed by atoms with E-state index in [1.807, 2.05) is 0 Å². The number of hydrogen-bond donors (Lipinski definition) is 1. The van der Waals surface area contributed by atoms with Crippen molar-refractivity contribution in [3.63, 3.8) is 0 Å². The number of carbonyl (C=O) groups excluding carboxylic acids is 1. The summed E-state index contributed by atoms with van der Waals surface area (Å²) in [5.74, 6) is -1.02. The van der Waals surface area contributed by atoms with Gasteiger partial charge in [0.1, 0.15) is 11.5 Å². The Balaban J connectivity index is 2.37. The van der Waals surface area contributed by atoms with Crippen molar-refractivity contribution in [2.45, 2.75) is 0 Å². The van der Waals surface area contributed by atoms with Crippen molar-refractivity contribution in [3.05, 3.63) is 29.8 Å². The predicted octanol–water partition coefficient (Wildman–Crippen LogP) is 0.528. The van der Waals surface area contributed by atoms with Crippen LogP contribution in [0.1, 0.15) is 10.5 Å². The first-order chi connectivity index (χ1) is 7.24. The fourth-order valence-electron chi connectivity index (χ4n) is 0.804. The van der Waals surface area contributed by atoms with Gasteiger partial charge in [-0.25, -0.2) is 14.9 Å². The van der Waals surface area contributed by atoms with Gasteiger partial charge in [0.05, 0.1) is 19.4 Å². The maximum absolute atomic E-state index is 12.5. The molecule has 0 aromatic carbocycles. The topological polar surface area (TPSA) is 60.5 Å². The summed E-state index contributed by atoms with van der Waals surface area (Å²) in [5, 5.41) is 0. The van der Waals surface area contributed by atoms with E-state index in [1.165, 1.54) is 13.2 Å². The van der Waals surface area contributed by atoms with Gasteiger partial charge >= 0.3 is 0 Å². The highest BCUT2D eigenvalue weighted by atomic mass is 19.1. The number of pyridine rings is 1. The third-order valence-corrected chi connectivity index (χ3v) is 1.51. The Bertz CT molecular complexity index is 316. The Labute approximate surface area is 86.2 Å². The number of hydrogen-bond acceptors (Lipinski definition) is 4. The van der Waals surface area contributed by atoms with E-state index >= 15 is 0 Å².